The number of aryl methyl sites for hydroxylation is 1. The van der Waals surface area contributed by atoms with Crippen molar-refractivity contribution in [2.45, 2.75) is 46.2 Å². The molecule has 1 saturated heterocycles. The summed E-state index contributed by atoms with van der Waals surface area (Å²) in [6.07, 6.45) is 3.55. The smallest absolute Gasteiger partial charge is 0.223 e. The van der Waals surface area contributed by atoms with Crippen molar-refractivity contribution in [3.05, 3.63) is 36.0 Å². The minimum Gasteiger partial charge on any atom is -0.351 e. The number of nitrogens with zero attached hydrogens (tertiary/aromatic N) is 5. The second kappa shape index (κ2) is 8.40. The van der Waals surface area contributed by atoms with Gasteiger partial charge in [-0.3, -0.25) is 0 Å². The van der Waals surface area contributed by atoms with Gasteiger partial charge in [0.1, 0.15) is 11.3 Å². The number of anilines is 1. The van der Waals surface area contributed by atoms with Crippen LogP contribution in [0.2, 0.25) is 0 Å². The fourth-order valence-electron chi connectivity index (χ4n) is 4.45. The van der Waals surface area contributed by atoms with Gasteiger partial charge in [-0.2, -0.15) is 0 Å². The molecule has 3 heterocycles. The van der Waals surface area contributed by atoms with E-state index in [1.807, 2.05) is 38.3 Å². The predicted molar refractivity (Wildman–Crippen MR) is 123 cm³/mol. The summed E-state index contributed by atoms with van der Waals surface area (Å²) in [5, 5.41) is 3.34. The summed E-state index contributed by atoms with van der Waals surface area (Å²) in [6.45, 7) is 8.89. The lowest BCUT2D eigenvalue weighted by atomic mass is 9.95. The van der Waals surface area contributed by atoms with Gasteiger partial charge in [-0.25, -0.2) is 32.1 Å². The normalized spacial score (nSPS) is 20.2. The van der Waals surface area contributed by atoms with Gasteiger partial charge in [0, 0.05) is 36.9 Å². The fourth-order valence-corrected chi connectivity index (χ4v) is 5.39. The molecule has 1 unspecified atom stereocenters. The van der Waals surface area contributed by atoms with E-state index in [-0.39, 0.29) is 23.8 Å². The van der Waals surface area contributed by atoms with Crippen molar-refractivity contribution in [1.29, 1.82) is 0 Å². The quantitative estimate of drug-likeness (QED) is 0.625. The van der Waals surface area contributed by atoms with Gasteiger partial charge in [-0.15, -0.1) is 0 Å². The molecule has 0 spiro atoms. The first kappa shape index (κ1) is 22.6. The molecule has 4 rings (SSSR count). The van der Waals surface area contributed by atoms with E-state index in [0.29, 0.717) is 42.2 Å². The summed E-state index contributed by atoms with van der Waals surface area (Å²) in [4.78, 5) is 13.3. The maximum Gasteiger partial charge on any atom is 0.223 e. The largest absolute Gasteiger partial charge is 0.351 e. The number of imidazole rings is 1. The molecule has 32 heavy (non-hydrogen) atoms. The number of hydrogen-bond acceptors (Lipinski definition) is 6. The Hall–Kier alpha value is -2.59. The van der Waals surface area contributed by atoms with Gasteiger partial charge in [0.25, 0.3) is 0 Å². The average molecular weight is 461 g/mol. The van der Waals surface area contributed by atoms with Crippen molar-refractivity contribution < 1.29 is 12.8 Å². The Balaban J connectivity index is 1.61. The SMILES string of the molecule is Cc1nc2c(F)cc(-c3ccnc(NC4CCN(S(C)(=O)=O)C[C@@H]4C)n3)cc2n1C(C)C. The molecule has 1 fully saturated rings. The zero-order chi connectivity index (χ0) is 23.2. The van der Waals surface area contributed by atoms with Crippen molar-refractivity contribution in [3.8, 4) is 11.3 Å². The van der Waals surface area contributed by atoms with Crippen LogP contribution in [0.1, 0.15) is 39.1 Å². The first-order valence-corrected chi connectivity index (χ1v) is 12.6. The lowest BCUT2D eigenvalue weighted by molar-refractivity contribution is 0.262. The number of nitrogens with one attached hydrogen (secondary N) is 1. The minimum atomic E-state index is -3.20. The third-order valence-electron chi connectivity index (χ3n) is 6.04. The molecule has 0 aliphatic carbocycles. The first-order valence-electron chi connectivity index (χ1n) is 10.8. The molecule has 2 atom stereocenters. The van der Waals surface area contributed by atoms with E-state index in [9.17, 15) is 12.8 Å². The number of aromatic nitrogens is 4. The van der Waals surface area contributed by atoms with E-state index in [4.69, 9.17) is 0 Å². The number of sulfonamides is 1. The van der Waals surface area contributed by atoms with Crippen LogP contribution in [0, 0.1) is 18.7 Å². The van der Waals surface area contributed by atoms with Gasteiger partial charge in [-0.05, 0) is 51.3 Å². The highest BCUT2D eigenvalue weighted by Crippen LogP contribution is 2.29. The second-order valence-corrected chi connectivity index (χ2v) is 10.8. The highest BCUT2D eigenvalue weighted by atomic mass is 32.2. The van der Waals surface area contributed by atoms with E-state index < -0.39 is 10.0 Å². The maximum absolute atomic E-state index is 14.9. The molecular formula is C22H29FN6O2S. The van der Waals surface area contributed by atoms with Crippen LogP contribution in [0.15, 0.2) is 24.4 Å². The number of hydrogen-bond donors (Lipinski definition) is 1. The van der Waals surface area contributed by atoms with Crippen molar-refractivity contribution in [3.63, 3.8) is 0 Å². The van der Waals surface area contributed by atoms with Crippen molar-refractivity contribution >= 4 is 27.0 Å². The van der Waals surface area contributed by atoms with E-state index >= 15 is 0 Å². The molecule has 0 radical (unpaired) electrons. The van der Waals surface area contributed by atoms with Gasteiger partial charge in [0.15, 0.2) is 5.82 Å². The molecule has 172 valence electrons. The average Bonchev–Trinajstić information content (AvgIpc) is 3.05. The predicted octanol–water partition coefficient (Wildman–Crippen LogP) is 3.60. The van der Waals surface area contributed by atoms with Gasteiger partial charge in [0.05, 0.1) is 17.5 Å². The number of piperidine rings is 1. The van der Waals surface area contributed by atoms with Crippen molar-refractivity contribution in [2.75, 3.05) is 24.7 Å². The van der Waals surface area contributed by atoms with Crippen LogP contribution in [0.3, 0.4) is 0 Å². The fraction of sp³-hybridized carbons (Fsp3) is 0.500. The molecule has 2 aromatic heterocycles. The zero-order valence-electron chi connectivity index (χ0n) is 19.0. The Kier molecular flexibility index (Phi) is 5.93. The Morgan fingerprint density at radius 2 is 2.00 bits per heavy atom. The van der Waals surface area contributed by atoms with E-state index in [1.54, 1.807) is 12.3 Å². The number of halogens is 1. The molecule has 10 heteroatoms. The van der Waals surface area contributed by atoms with E-state index in [1.165, 1.54) is 16.6 Å². The molecule has 1 aliphatic rings. The van der Waals surface area contributed by atoms with Gasteiger partial charge >= 0.3 is 0 Å². The maximum atomic E-state index is 14.9. The van der Waals surface area contributed by atoms with E-state index in [0.717, 1.165) is 11.3 Å². The molecule has 1 aliphatic heterocycles. The lowest BCUT2D eigenvalue weighted by Gasteiger charge is -2.35. The molecule has 0 bridgehead atoms. The van der Waals surface area contributed by atoms with Gasteiger partial charge < -0.3 is 9.88 Å². The van der Waals surface area contributed by atoms with Gasteiger partial charge in [0.2, 0.25) is 16.0 Å². The van der Waals surface area contributed by atoms with Crippen LogP contribution in [0.25, 0.3) is 22.3 Å². The van der Waals surface area contributed by atoms with Crippen molar-refractivity contribution in [1.82, 2.24) is 23.8 Å². The van der Waals surface area contributed by atoms with Crippen molar-refractivity contribution in [2.24, 2.45) is 5.92 Å². The Morgan fingerprint density at radius 1 is 1.25 bits per heavy atom. The topological polar surface area (TPSA) is 93.0 Å². The van der Waals surface area contributed by atoms with Gasteiger partial charge in [-0.1, -0.05) is 6.92 Å². The Labute approximate surface area is 187 Å². The summed E-state index contributed by atoms with van der Waals surface area (Å²) in [5.74, 6) is 0.935. The van der Waals surface area contributed by atoms with Crippen LogP contribution < -0.4 is 5.32 Å². The third kappa shape index (κ3) is 4.33. The summed E-state index contributed by atoms with van der Waals surface area (Å²) in [6, 6.07) is 5.32. The standard InChI is InChI=1S/C22H29FN6O2S/c1-13(2)29-15(4)25-21-17(23)10-16(11-20(21)29)19-6-8-24-22(27-19)26-18-7-9-28(12-14(18)3)32(5,30)31/h6,8,10-11,13-14,18H,7,9,12H2,1-5H3,(H,24,26,27)/t14-,18?/m0/s1. The molecule has 1 N–H and O–H groups in total. The molecule has 0 saturated carbocycles. The number of benzene rings is 1. The minimum absolute atomic E-state index is 0.0486. The highest BCUT2D eigenvalue weighted by Gasteiger charge is 2.30. The Bertz CT molecular complexity index is 1260. The third-order valence-corrected chi connectivity index (χ3v) is 7.31. The lowest BCUT2D eigenvalue weighted by Crippen LogP contribution is -2.47. The highest BCUT2D eigenvalue weighted by molar-refractivity contribution is 7.88. The second-order valence-electron chi connectivity index (χ2n) is 8.85. The molecule has 3 aromatic rings. The molecule has 0 amide bonds. The molecular weight excluding hydrogens is 431 g/mol. The summed E-state index contributed by atoms with van der Waals surface area (Å²) in [5.41, 5.74) is 2.36. The van der Waals surface area contributed by atoms with E-state index in [2.05, 4.69) is 20.3 Å². The van der Waals surface area contributed by atoms with Crippen LogP contribution >= 0.6 is 0 Å². The van der Waals surface area contributed by atoms with Crippen LogP contribution in [0.4, 0.5) is 10.3 Å². The van der Waals surface area contributed by atoms with Crippen LogP contribution in [-0.4, -0.2) is 57.6 Å². The monoisotopic (exact) mass is 460 g/mol. The number of rotatable bonds is 5. The molecule has 1 aromatic carbocycles. The first-order chi connectivity index (χ1) is 15.0. The molecule has 8 nitrogen and oxygen atoms in total. The van der Waals surface area contributed by atoms with Crippen LogP contribution in [0.5, 0.6) is 0 Å². The summed E-state index contributed by atoms with van der Waals surface area (Å²) >= 11 is 0. The van der Waals surface area contributed by atoms with Crippen LogP contribution in [-0.2, 0) is 10.0 Å². The number of fused-ring (bicyclic) bond motifs is 1. The zero-order valence-corrected chi connectivity index (χ0v) is 19.8. The summed E-state index contributed by atoms with van der Waals surface area (Å²) < 4.78 is 42.0. The Morgan fingerprint density at radius 3 is 2.66 bits per heavy atom. The summed E-state index contributed by atoms with van der Waals surface area (Å²) in [7, 11) is -3.20.